The fraction of sp³-hybridized carbons (Fsp3) is 0.571. The van der Waals surface area contributed by atoms with Gasteiger partial charge in [-0.15, -0.1) is 0 Å². The molecule has 3 unspecified atom stereocenters. The van der Waals surface area contributed by atoms with E-state index in [1.165, 1.54) is 12.1 Å². The summed E-state index contributed by atoms with van der Waals surface area (Å²) in [6, 6.07) is 4.85. The minimum atomic E-state index is -0.316. The number of hydrogen-bond acceptors (Lipinski definition) is 2. The molecule has 0 bridgehead atoms. The summed E-state index contributed by atoms with van der Waals surface area (Å²) in [6.07, 6.45) is 3.59. The van der Waals surface area contributed by atoms with Crippen LogP contribution in [0.1, 0.15) is 44.2 Å². The summed E-state index contributed by atoms with van der Waals surface area (Å²) in [7, 11) is 0. The first kappa shape index (κ1) is 13.8. The van der Waals surface area contributed by atoms with E-state index < -0.39 is 0 Å². The predicted octanol–water partition coefficient (Wildman–Crippen LogP) is 3.43. The highest BCUT2D eigenvalue weighted by atomic mass is 35.5. The Bertz CT molecular complexity index is 413. The van der Waals surface area contributed by atoms with Gasteiger partial charge >= 0.3 is 0 Å². The lowest BCUT2D eigenvalue weighted by Gasteiger charge is -2.30. The van der Waals surface area contributed by atoms with E-state index >= 15 is 0 Å². The van der Waals surface area contributed by atoms with Crippen LogP contribution in [0.15, 0.2) is 18.2 Å². The standard InChI is InChI=1S/C14H19ClFNO/c1-9(13-6-5-10(16)7-14(13)15)17-11-3-2-4-12(18)8-11/h5-7,9,11-12,17-18H,2-4,8H2,1H3. The molecule has 4 heteroatoms. The van der Waals surface area contributed by atoms with Crippen molar-refractivity contribution in [3.05, 3.63) is 34.6 Å². The van der Waals surface area contributed by atoms with Crippen molar-refractivity contribution in [2.75, 3.05) is 0 Å². The monoisotopic (exact) mass is 271 g/mol. The van der Waals surface area contributed by atoms with Gasteiger partial charge in [-0.2, -0.15) is 0 Å². The number of hydrogen-bond donors (Lipinski definition) is 2. The molecule has 0 spiro atoms. The van der Waals surface area contributed by atoms with Crippen LogP contribution in [-0.4, -0.2) is 17.3 Å². The van der Waals surface area contributed by atoms with E-state index in [1.807, 2.05) is 6.92 Å². The summed E-state index contributed by atoms with van der Waals surface area (Å²) in [5.74, 6) is -0.316. The molecule has 1 fully saturated rings. The van der Waals surface area contributed by atoms with Crippen molar-refractivity contribution in [1.82, 2.24) is 5.32 Å². The summed E-state index contributed by atoms with van der Waals surface area (Å²) < 4.78 is 13.0. The first-order valence-corrected chi connectivity index (χ1v) is 6.83. The molecule has 3 atom stereocenters. The van der Waals surface area contributed by atoms with Crippen LogP contribution in [-0.2, 0) is 0 Å². The second kappa shape index (κ2) is 6.00. The van der Waals surface area contributed by atoms with E-state index in [4.69, 9.17) is 11.6 Å². The zero-order valence-electron chi connectivity index (χ0n) is 10.5. The Morgan fingerprint density at radius 1 is 1.44 bits per heavy atom. The molecule has 0 radical (unpaired) electrons. The maximum atomic E-state index is 13.0. The van der Waals surface area contributed by atoms with E-state index in [0.29, 0.717) is 11.1 Å². The summed E-state index contributed by atoms with van der Waals surface area (Å²) in [6.45, 7) is 2.01. The molecule has 0 heterocycles. The molecule has 100 valence electrons. The van der Waals surface area contributed by atoms with Gasteiger partial charge in [-0.05, 0) is 50.3 Å². The molecule has 1 aromatic rings. The lowest BCUT2D eigenvalue weighted by molar-refractivity contribution is 0.109. The van der Waals surface area contributed by atoms with Crippen molar-refractivity contribution >= 4 is 11.6 Å². The number of rotatable bonds is 3. The number of halogens is 2. The highest BCUT2D eigenvalue weighted by Gasteiger charge is 2.22. The third-order valence-corrected chi connectivity index (χ3v) is 3.89. The summed E-state index contributed by atoms with van der Waals surface area (Å²) in [5, 5.41) is 13.5. The summed E-state index contributed by atoms with van der Waals surface area (Å²) in [4.78, 5) is 0. The van der Waals surface area contributed by atoms with Crippen molar-refractivity contribution in [2.24, 2.45) is 0 Å². The second-order valence-electron chi connectivity index (χ2n) is 5.07. The van der Waals surface area contributed by atoms with Crippen molar-refractivity contribution in [1.29, 1.82) is 0 Å². The Morgan fingerprint density at radius 2 is 2.22 bits per heavy atom. The number of nitrogens with one attached hydrogen (secondary N) is 1. The Kier molecular flexibility index (Phi) is 4.60. The molecule has 0 amide bonds. The van der Waals surface area contributed by atoms with Crippen LogP contribution in [0.2, 0.25) is 5.02 Å². The fourth-order valence-corrected chi connectivity index (χ4v) is 2.94. The fourth-order valence-electron chi connectivity index (χ4n) is 2.61. The van der Waals surface area contributed by atoms with Gasteiger partial charge in [0.15, 0.2) is 0 Å². The van der Waals surface area contributed by atoms with Crippen molar-refractivity contribution in [3.8, 4) is 0 Å². The molecule has 18 heavy (non-hydrogen) atoms. The zero-order valence-corrected chi connectivity index (χ0v) is 11.3. The summed E-state index contributed by atoms with van der Waals surface area (Å²) in [5.41, 5.74) is 0.901. The van der Waals surface area contributed by atoms with E-state index in [1.54, 1.807) is 6.07 Å². The predicted molar refractivity (Wildman–Crippen MR) is 71.2 cm³/mol. The Morgan fingerprint density at radius 3 is 2.89 bits per heavy atom. The topological polar surface area (TPSA) is 32.3 Å². The first-order chi connectivity index (χ1) is 8.56. The molecule has 0 saturated heterocycles. The largest absolute Gasteiger partial charge is 0.393 e. The van der Waals surface area contributed by atoms with Gasteiger partial charge in [-0.3, -0.25) is 0 Å². The molecule has 1 saturated carbocycles. The third-order valence-electron chi connectivity index (χ3n) is 3.56. The van der Waals surface area contributed by atoms with Crippen molar-refractivity contribution in [3.63, 3.8) is 0 Å². The zero-order chi connectivity index (χ0) is 13.1. The maximum Gasteiger partial charge on any atom is 0.124 e. The quantitative estimate of drug-likeness (QED) is 0.883. The Balaban J connectivity index is 2.00. The minimum absolute atomic E-state index is 0.0633. The number of aliphatic hydroxyl groups excluding tert-OH is 1. The van der Waals surface area contributed by atoms with Crippen molar-refractivity contribution < 1.29 is 9.50 Å². The maximum absolute atomic E-state index is 13.0. The molecule has 0 aliphatic heterocycles. The normalized spacial score (nSPS) is 26.0. The summed E-state index contributed by atoms with van der Waals surface area (Å²) >= 11 is 6.04. The van der Waals surface area contributed by atoms with Gasteiger partial charge in [0.05, 0.1) is 6.10 Å². The SMILES string of the molecule is CC(NC1CCCC(O)C1)c1ccc(F)cc1Cl. The van der Waals surface area contributed by atoms with Gasteiger partial charge in [0.1, 0.15) is 5.82 Å². The average Bonchev–Trinajstić information content (AvgIpc) is 2.28. The lowest BCUT2D eigenvalue weighted by Crippen LogP contribution is -2.37. The Hall–Kier alpha value is -0.640. The molecule has 2 nitrogen and oxygen atoms in total. The first-order valence-electron chi connectivity index (χ1n) is 6.45. The highest BCUT2D eigenvalue weighted by molar-refractivity contribution is 6.31. The molecule has 1 aromatic carbocycles. The van der Waals surface area contributed by atoms with Crippen molar-refractivity contribution in [2.45, 2.75) is 50.8 Å². The molecule has 2 rings (SSSR count). The Labute approximate surface area is 112 Å². The van der Waals surface area contributed by atoms with Gasteiger partial charge in [0, 0.05) is 17.1 Å². The average molecular weight is 272 g/mol. The van der Waals surface area contributed by atoms with Gasteiger partial charge in [-0.25, -0.2) is 4.39 Å². The number of benzene rings is 1. The smallest absolute Gasteiger partial charge is 0.124 e. The molecular formula is C14H19ClFNO. The molecule has 1 aliphatic rings. The van der Waals surface area contributed by atoms with Gasteiger partial charge in [0.2, 0.25) is 0 Å². The molecular weight excluding hydrogens is 253 g/mol. The van der Waals surface area contributed by atoms with Gasteiger partial charge in [0.25, 0.3) is 0 Å². The van der Waals surface area contributed by atoms with Crippen LogP contribution in [0.25, 0.3) is 0 Å². The molecule has 0 aromatic heterocycles. The molecule has 2 N–H and O–H groups in total. The minimum Gasteiger partial charge on any atom is -0.393 e. The van der Waals surface area contributed by atoms with Crippen LogP contribution in [0, 0.1) is 5.82 Å². The third kappa shape index (κ3) is 3.44. The van der Waals surface area contributed by atoms with Crippen LogP contribution in [0.4, 0.5) is 4.39 Å². The van der Waals surface area contributed by atoms with E-state index in [9.17, 15) is 9.50 Å². The lowest BCUT2D eigenvalue weighted by atomic mass is 9.92. The molecule has 1 aliphatic carbocycles. The van der Waals surface area contributed by atoms with E-state index in [0.717, 1.165) is 31.2 Å². The van der Waals surface area contributed by atoms with Gasteiger partial charge in [-0.1, -0.05) is 17.7 Å². The van der Waals surface area contributed by atoms with E-state index in [-0.39, 0.29) is 18.0 Å². The second-order valence-corrected chi connectivity index (χ2v) is 5.48. The van der Waals surface area contributed by atoms with Gasteiger partial charge < -0.3 is 10.4 Å². The van der Waals surface area contributed by atoms with Crippen LogP contribution < -0.4 is 5.32 Å². The van der Waals surface area contributed by atoms with Crippen LogP contribution >= 0.6 is 11.6 Å². The highest BCUT2D eigenvalue weighted by Crippen LogP contribution is 2.26. The van der Waals surface area contributed by atoms with E-state index in [2.05, 4.69) is 5.32 Å². The van der Waals surface area contributed by atoms with Crippen LogP contribution in [0.3, 0.4) is 0 Å². The van der Waals surface area contributed by atoms with Crippen LogP contribution in [0.5, 0.6) is 0 Å². The number of aliphatic hydroxyl groups is 1.